The first-order chi connectivity index (χ1) is 4.50. The highest BCUT2D eigenvalue weighted by atomic mass is 16.5. The van der Waals surface area contributed by atoms with Crippen molar-refractivity contribution in [2.45, 2.75) is 38.5 Å². The van der Waals surface area contributed by atoms with Crippen molar-refractivity contribution in [1.82, 2.24) is 0 Å². The summed E-state index contributed by atoms with van der Waals surface area (Å²) in [7, 11) is 0. The van der Waals surface area contributed by atoms with Crippen LogP contribution < -0.4 is 0 Å². The summed E-state index contributed by atoms with van der Waals surface area (Å²) >= 11 is 0. The van der Waals surface area contributed by atoms with Gasteiger partial charge in [-0.15, -0.1) is 0 Å². The monoisotopic (exact) mass is 127 g/mol. The predicted molar refractivity (Wildman–Crippen MR) is 38.0 cm³/mol. The summed E-state index contributed by atoms with van der Waals surface area (Å²) in [6.45, 7) is 2.91. The van der Waals surface area contributed by atoms with Crippen LogP contribution in [0, 0.1) is 6.61 Å². The molecule has 1 radical (unpaired) electrons. The zero-order chi connectivity index (χ0) is 6.36. The highest BCUT2D eigenvalue weighted by Gasteiger charge is 1.95. The highest BCUT2D eigenvalue weighted by molar-refractivity contribution is 4.55. The molecule has 0 atom stereocenters. The van der Waals surface area contributed by atoms with Gasteiger partial charge in [-0.25, -0.2) is 0 Å². The number of ether oxygens (including phenoxy) is 1. The van der Waals surface area contributed by atoms with Crippen LogP contribution in [-0.2, 0) is 4.74 Å². The fourth-order valence-electron chi connectivity index (χ4n) is 1.11. The van der Waals surface area contributed by atoms with Gasteiger partial charge in [0.15, 0.2) is 0 Å². The second-order valence-electron chi connectivity index (χ2n) is 2.59. The van der Waals surface area contributed by atoms with E-state index in [1.54, 1.807) is 0 Å². The molecule has 0 amide bonds. The Kier molecular flexibility index (Phi) is 3.77. The third-order valence-electron chi connectivity index (χ3n) is 1.70. The lowest BCUT2D eigenvalue weighted by molar-refractivity contribution is 0.189. The van der Waals surface area contributed by atoms with Crippen LogP contribution in [0.2, 0.25) is 0 Å². The van der Waals surface area contributed by atoms with Gasteiger partial charge < -0.3 is 4.74 Å². The molecule has 0 unspecified atom stereocenters. The minimum absolute atomic E-state index is 0.944. The van der Waals surface area contributed by atoms with Gasteiger partial charge in [0.1, 0.15) is 0 Å². The van der Waals surface area contributed by atoms with E-state index < -0.39 is 0 Å². The van der Waals surface area contributed by atoms with Crippen LogP contribution in [0.15, 0.2) is 0 Å². The van der Waals surface area contributed by atoms with E-state index in [9.17, 15) is 0 Å². The summed E-state index contributed by atoms with van der Waals surface area (Å²) in [5.74, 6) is 0. The van der Waals surface area contributed by atoms with Crippen molar-refractivity contribution in [3.8, 4) is 0 Å². The molecule has 1 rings (SSSR count). The normalized spacial score (nSPS) is 24.0. The summed E-state index contributed by atoms with van der Waals surface area (Å²) in [5, 5.41) is 0. The Morgan fingerprint density at radius 1 is 0.889 bits per heavy atom. The molecule has 0 aromatic rings. The first-order valence-electron chi connectivity index (χ1n) is 3.93. The molecule has 0 N–H and O–H groups in total. The van der Waals surface area contributed by atoms with Gasteiger partial charge in [-0.3, -0.25) is 0 Å². The van der Waals surface area contributed by atoms with Gasteiger partial charge >= 0.3 is 0 Å². The van der Waals surface area contributed by atoms with Gasteiger partial charge in [0.05, 0.1) is 6.61 Å². The molecule has 1 heterocycles. The molecule has 9 heavy (non-hydrogen) atoms. The van der Waals surface area contributed by atoms with Crippen molar-refractivity contribution in [3.63, 3.8) is 0 Å². The van der Waals surface area contributed by atoms with E-state index in [0.29, 0.717) is 0 Å². The molecule has 1 fully saturated rings. The van der Waals surface area contributed by atoms with Gasteiger partial charge in [-0.05, 0) is 12.8 Å². The predicted octanol–water partition coefficient (Wildman–Crippen LogP) is 2.52. The third-order valence-corrected chi connectivity index (χ3v) is 1.70. The van der Waals surface area contributed by atoms with E-state index in [-0.39, 0.29) is 0 Å². The molecule has 53 valence electrons. The van der Waals surface area contributed by atoms with E-state index >= 15 is 0 Å². The average Bonchev–Trinajstić information content (AvgIpc) is 2.00. The molecule has 1 aliphatic heterocycles. The SMILES string of the molecule is [CH]1CCCCCCCO1. The summed E-state index contributed by atoms with van der Waals surface area (Å²) in [6, 6.07) is 0. The van der Waals surface area contributed by atoms with Crippen LogP contribution in [0.1, 0.15) is 38.5 Å². The maximum absolute atomic E-state index is 5.23. The minimum atomic E-state index is 0.944. The van der Waals surface area contributed by atoms with Crippen LogP contribution in [0.5, 0.6) is 0 Å². The topological polar surface area (TPSA) is 9.23 Å². The summed E-state index contributed by atoms with van der Waals surface area (Å²) < 4.78 is 5.23. The molecule has 0 aromatic heterocycles. The minimum Gasteiger partial charge on any atom is -0.376 e. The lowest BCUT2D eigenvalue weighted by atomic mass is 10.1. The standard InChI is InChI=1S/C8H15O/c1-2-4-6-8-9-7-5-3-1/h7H,1-6,8H2. The van der Waals surface area contributed by atoms with Crippen molar-refractivity contribution < 1.29 is 4.74 Å². The summed E-state index contributed by atoms with van der Waals surface area (Å²) in [5.41, 5.74) is 0. The van der Waals surface area contributed by atoms with Gasteiger partial charge in [0.25, 0.3) is 0 Å². The summed E-state index contributed by atoms with van der Waals surface area (Å²) in [4.78, 5) is 0. The lowest BCUT2D eigenvalue weighted by Crippen LogP contribution is -1.88. The Morgan fingerprint density at radius 3 is 2.67 bits per heavy atom. The highest BCUT2D eigenvalue weighted by Crippen LogP contribution is 2.10. The second-order valence-corrected chi connectivity index (χ2v) is 2.59. The van der Waals surface area contributed by atoms with E-state index in [0.717, 1.165) is 13.0 Å². The smallest absolute Gasteiger partial charge is 0.0836 e. The Morgan fingerprint density at radius 2 is 1.67 bits per heavy atom. The molecule has 0 spiro atoms. The quantitative estimate of drug-likeness (QED) is 0.486. The van der Waals surface area contributed by atoms with Crippen LogP contribution in [0.25, 0.3) is 0 Å². The van der Waals surface area contributed by atoms with E-state index in [1.165, 1.54) is 32.1 Å². The van der Waals surface area contributed by atoms with Crippen molar-refractivity contribution in [2.24, 2.45) is 0 Å². The molecule has 1 nitrogen and oxygen atoms in total. The Bertz CT molecular complexity index is 33.1. The van der Waals surface area contributed by atoms with E-state index in [1.807, 2.05) is 6.61 Å². The molecular weight excluding hydrogens is 112 g/mol. The maximum Gasteiger partial charge on any atom is 0.0836 e. The molecule has 1 saturated heterocycles. The van der Waals surface area contributed by atoms with Crippen LogP contribution >= 0.6 is 0 Å². The number of hydrogen-bond acceptors (Lipinski definition) is 1. The maximum atomic E-state index is 5.23. The first-order valence-corrected chi connectivity index (χ1v) is 3.93. The van der Waals surface area contributed by atoms with Gasteiger partial charge in [-0.1, -0.05) is 25.7 Å². The zero-order valence-electron chi connectivity index (χ0n) is 5.94. The zero-order valence-corrected chi connectivity index (χ0v) is 5.94. The van der Waals surface area contributed by atoms with E-state index in [4.69, 9.17) is 4.74 Å². The second kappa shape index (κ2) is 4.80. The molecule has 0 aromatic carbocycles. The molecule has 1 heteroatoms. The van der Waals surface area contributed by atoms with Crippen LogP contribution in [-0.4, -0.2) is 6.61 Å². The van der Waals surface area contributed by atoms with Crippen molar-refractivity contribution in [2.75, 3.05) is 6.61 Å². The van der Waals surface area contributed by atoms with Crippen LogP contribution in [0.3, 0.4) is 0 Å². The fraction of sp³-hybridized carbons (Fsp3) is 0.875. The van der Waals surface area contributed by atoms with Crippen molar-refractivity contribution in [1.29, 1.82) is 0 Å². The molecule has 0 saturated carbocycles. The van der Waals surface area contributed by atoms with Gasteiger partial charge in [0, 0.05) is 6.61 Å². The van der Waals surface area contributed by atoms with Crippen molar-refractivity contribution in [3.05, 3.63) is 6.61 Å². The number of hydrogen-bond donors (Lipinski definition) is 0. The summed E-state index contributed by atoms with van der Waals surface area (Å²) in [6.07, 6.45) is 7.86. The molecule has 1 aliphatic rings. The average molecular weight is 127 g/mol. The third kappa shape index (κ3) is 3.52. The lowest BCUT2D eigenvalue weighted by Gasteiger charge is -1.96. The van der Waals surface area contributed by atoms with Crippen LogP contribution in [0.4, 0.5) is 0 Å². The van der Waals surface area contributed by atoms with E-state index in [2.05, 4.69) is 0 Å². The first kappa shape index (κ1) is 7.07. The Hall–Kier alpha value is -0.0400. The molecule has 0 bridgehead atoms. The van der Waals surface area contributed by atoms with Crippen molar-refractivity contribution >= 4 is 0 Å². The molecular formula is C8H15O. The van der Waals surface area contributed by atoms with Gasteiger partial charge in [0.2, 0.25) is 0 Å². The fourth-order valence-corrected chi connectivity index (χ4v) is 1.11. The molecule has 0 aliphatic carbocycles. The van der Waals surface area contributed by atoms with Gasteiger partial charge in [-0.2, -0.15) is 0 Å². The number of rotatable bonds is 0. The Labute approximate surface area is 57.4 Å². The Balaban J connectivity index is 2.02. The largest absolute Gasteiger partial charge is 0.376 e.